The first-order valence-corrected chi connectivity index (χ1v) is 33.3. The highest BCUT2D eigenvalue weighted by atomic mass is 28.4. The molecule has 0 aliphatic carbocycles. The third kappa shape index (κ3) is 12.5. The van der Waals surface area contributed by atoms with Gasteiger partial charge in [-0.2, -0.15) is 0 Å². The first-order chi connectivity index (χ1) is 26.0. The molecule has 0 bridgehead atoms. The van der Waals surface area contributed by atoms with Gasteiger partial charge in [0.1, 0.15) is 17.1 Å². The van der Waals surface area contributed by atoms with Gasteiger partial charge in [0, 0.05) is 30.2 Å². The molecule has 1 aromatic carbocycles. The summed E-state index contributed by atoms with van der Waals surface area (Å²) in [4.78, 5) is 14.0. The Labute approximate surface area is 359 Å². The minimum atomic E-state index is -2.45. The fourth-order valence-corrected chi connectivity index (χ4v) is 13.4. The van der Waals surface area contributed by atoms with Crippen LogP contribution in [0, 0.1) is 11.3 Å². The van der Waals surface area contributed by atoms with Gasteiger partial charge in [-0.3, -0.25) is 0 Å². The van der Waals surface area contributed by atoms with Crippen molar-refractivity contribution in [2.45, 2.75) is 226 Å². The lowest BCUT2D eigenvalue weighted by atomic mass is 9.74. The Morgan fingerprint density at radius 1 is 0.845 bits per heavy atom. The molecule has 58 heavy (non-hydrogen) atoms. The number of hydrogen-bond acceptors (Lipinski definition) is 9. The number of esters is 1. The fourth-order valence-electron chi connectivity index (χ4n) is 6.92. The first-order valence-electron chi connectivity index (χ1n) is 22.1. The van der Waals surface area contributed by atoms with E-state index in [4.69, 9.17) is 27.2 Å². The van der Waals surface area contributed by atoms with Gasteiger partial charge in [0.05, 0.1) is 31.5 Å². The number of ether oxygens (including phenoxy) is 2. The van der Waals surface area contributed by atoms with Crippen LogP contribution in [0.25, 0.3) is 0 Å². The zero-order valence-electron chi connectivity index (χ0n) is 41.1. The van der Waals surface area contributed by atoms with E-state index in [0.29, 0.717) is 41.9 Å². The van der Waals surface area contributed by atoms with Gasteiger partial charge in [0.25, 0.3) is 8.32 Å². The molecule has 1 heterocycles. The topological polar surface area (TPSA) is 113 Å². The van der Waals surface area contributed by atoms with Crippen LogP contribution in [-0.2, 0) is 24.7 Å². The van der Waals surface area contributed by atoms with E-state index in [1.165, 1.54) is 7.11 Å². The molecule has 6 atom stereocenters. The molecule has 0 radical (unpaired) electrons. The van der Waals surface area contributed by atoms with Crippen molar-refractivity contribution >= 4 is 39.2 Å². The van der Waals surface area contributed by atoms with Crippen LogP contribution in [0.3, 0.4) is 0 Å². The second-order valence-electron chi connectivity index (χ2n) is 22.4. The predicted octanol–water partition coefficient (Wildman–Crippen LogP) is 12.1. The van der Waals surface area contributed by atoms with Gasteiger partial charge in [0.15, 0.2) is 22.9 Å². The van der Waals surface area contributed by atoms with Crippen LogP contribution in [0.1, 0.15) is 133 Å². The second-order valence-corrected chi connectivity index (χ2v) is 41.4. The third-order valence-electron chi connectivity index (χ3n) is 14.9. The molecule has 1 aliphatic heterocycles. The van der Waals surface area contributed by atoms with Gasteiger partial charge in [-0.1, -0.05) is 104 Å². The van der Waals surface area contributed by atoms with Crippen LogP contribution in [0.2, 0.25) is 72.5 Å². The Morgan fingerprint density at radius 3 is 1.78 bits per heavy atom. The minimum Gasteiger partial charge on any atom is -0.543 e. The van der Waals surface area contributed by atoms with Crippen LogP contribution in [0.15, 0.2) is 12.1 Å². The number of aliphatic hydroxyl groups excluding tert-OH is 2. The largest absolute Gasteiger partial charge is 0.543 e. The van der Waals surface area contributed by atoms with Gasteiger partial charge in [-0.25, -0.2) is 4.79 Å². The minimum absolute atomic E-state index is 0.0683. The van der Waals surface area contributed by atoms with Crippen molar-refractivity contribution in [3.05, 3.63) is 23.3 Å². The molecule has 13 heteroatoms. The van der Waals surface area contributed by atoms with Crippen molar-refractivity contribution in [1.29, 1.82) is 0 Å². The van der Waals surface area contributed by atoms with Crippen molar-refractivity contribution in [3.63, 3.8) is 0 Å². The highest BCUT2D eigenvalue weighted by Gasteiger charge is 2.50. The van der Waals surface area contributed by atoms with E-state index < -0.39 is 69.3 Å². The summed E-state index contributed by atoms with van der Waals surface area (Å²) >= 11 is 0. The summed E-state index contributed by atoms with van der Waals surface area (Å²) in [6, 6.07) is 6.90. The van der Waals surface area contributed by atoms with E-state index in [1.54, 1.807) is 0 Å². The van der Waals surface area contributed by atoms with Crippen molar-refractivity contribution in [2.24, 2.45) is 11.3 Å². The maximum Gasteiger partial charge on any atom is 0.341 e. The maximum absolute atomic E-state index is 14.0. The molecule has 9 nitrogen and oxygen atoms in total. The lowest BCUT2D eigenvalue weighted by Crippen LogP contribution is -2.56. The van der Waals surface area contributed by atoms with Gasteiger partial charge in [-0.15, -0.1) is 0 Å². The molecule has 1 saturated heterocycles. The van der Waals surface area contributed by atoms with Crippen molar-refractivity contribution in [3.8, 4) is 11.5 Å². The van der Waals surface area contributed by atoms with E-state index in [-0.39, 0.29) is 27.1 Å². The molecule has 1 fully saturated rings. The average molecular weight is 886 g/mol. The van der Waals surface area contributed by atoms with Crippen LogP contribution < -0.4 is 8.85 Å². The number of rotatable bonds is 18. The molecule has 0 amide bonds. The zero-order chi connectivity index (χ0) is 45.3. The highest BCUT2D eigenvalue weighted by molar-refractivity contribution is 6.75. The summed E-state index contributed by atoms with van der Waals surface area (Å²) in [5.74, 6) is 0.255. The van der Waals surface area contributed by atoms with E-state index >= 15 is 0 Å². The lowest BCUT2D eigenvalue weighted by Gasteiger charge is -2.50. The summed E-state index contributed by atoms with van der Waals surface area (Å²) in [7, 11) is -7.81. The van der Waals surface area contributed by atoms with Gasteiger partial charge < -0.3 is 37.4 Å². The maximum atomic E-state index is 14.0. The number of hydrogen-bond donors (Lipinski definition) is 2. The molecule has 338 valence electrons. The number of aliphatic hydroxyl groups is 2. The normalized spacial score (nSPS) is 21.6. The van der Waals surface area contributed by atoms with Crippen molar-refractivity contribution in [1.82, 2.24) is 0 Å². The second kappa shape index (κ2) is 19.1. The quantitative estimate of drug-likeness (QED) is 0.110. The number of methoxy groups -OCH3 is 1. The summed E-state index contributed by atoms with van der Waals surface area (Å²) in [5.41, 5.74) is 0.616. The van der Waals surface area contributed by atoms with Crippen LogP contribution >= 0.6 is 0 Å². The van der Waals surface area contributed by atoms with Crippen LogP contribution in [0.4, 0.5) is 0 Å². The Morgan fingerprint density at radius 2 is 1.33 bits per heavy atom. The third-order valence-corrected chi connectivity index (χ3v) is 32.8. The molecule has 2 N–H and O–H groups in total. The van der Waals surface area contributed by atoms with E-state index in [1.807, 2.05) is 19.1 Å². The molecule has 2 rings (SSSR count). The number of carbonyl (C=O) groups excluding carboxylic acids is 1. The average Bonchev–Trinajstić information content (AvgIpc) is 3.06. The SMILES string of the molecule is CC[Si](CC)(CC)O[C@@H]1CC(O)O[C@H](C[C@H](O)[C@@H](C)[C@@H](Cc2cc(O[Si](C)(C)C(C)(C)C)cc(O[Si](C)(C)C(C)(C)C)c2C(=O)OC)O[Si](C)(C)C(C)(C)C)C1(C)C. The number of carbonyl (C=O) groups is 1. The molecular weight excluding hydrogens is 797 g/mol. The summed E-state index contributed by atoms with van der Waals surface area (Å²) < 4.78 is 40.0. The summed E-state index contributed by atoms with van der Waals surface area (Å²) in [6.07, 6.45) is -1.96. The monoisotopic (exact) mass is 885 g/mol. The molecule has 1 aromatic rings. The van der Waals surface area contributed by atoms with Gasteiger partial charge in [-0.05, 0) is 90.6 Å². The fraction of sp³-hybridized carbons (Fsp3) is 0.844. The highest BCUT2D eigenvalue weighted by Crippen LogP contribution is 2.46. The van der Waals surface area contributed by atoms with Crippen molar-refractivity contribution < 1.29 is 42.2 Å². The van der Waals surface area contributed by atoms with Gasteiger partial charge >= 0.3 is 5.97 Å². The number of benzene rings is 1. The Bertz CT molecular complexity index is 1490. The van der Waals surface area contributed by atoms with Crippen LogP contribution in [0.5, 0.6) is 11.5 Å². The van der Waals surface area contributed by atoms with E-state index in [9.17, 15) is 15.0 Å². The zero-order valence-corrected chi connectivity index (χ0v) is 45.1. The van der Waals surface area contributed by atoms with E-state index in [2.05, 4.69) is 136 Å². The van der Waals surface area contributed by atoms with Gasteiger partial charge in [0.2, 0.25) is 8.32 Å². The predicted molar refractivity (Wildman–Crippen MR) is 250 cm³/mol. The summed E-state index contributed by atoms with van der Waals surface area (Å²) in [6.45, 7) is 46.0. The van der Waals surface area contributed by atoms with Crippen molar-refractivity contribution in [2.75, 3.05) is 7.11 Å². The molecule has 0 aromatic heterocycles. The Balaban J connectivity index is 2.81. The smallest absolute Gasteiger partial charge is 0.341 e. The lowest BCUT2D eigenvalue weighted by molar-refractivity contribution is -0.243. The molecule has 1 unspecified atom stereocenters. The Kier molecular flexibility index (Phi) is 17.5. The van der Waals surface area contributed by atoms with Crippen LogP contribution in [-0.4, -0.2) is 87.3 Å². The summed E-state index contributed by atoms with van der Waals surface area (Å²) in [5, 5.41) is 23.1. The molecular formula is C45H88O9Si4. The Hall–Kier alpha value is -1.04. The standard InChI is InChI=1S/C45H88O9Si4/c1-23-58(24-2,25-3)54-38-30-39(47)50-37(45(38,14)15)29-34(46)31(4)35(52-56(19,20)43(8,9)10)27-32-26-33(51-55(17,18)42(5,6)7)28-36(40(32)41(48)49-16)53-57(21,22)44(11,12)13/h26,28,31,34-35,37-39,46-47H,23-25,27,29-30H2,1-22H3/t31-,34+,35-,37-,38-,39?/m1/s1. The molecule has 1 aliphatic rings. The first kappa shape index (κ1) is 53.1. The molecule has 0 spiro atoms. The molecule has 0 saturated carbocycles. The van der Waals surface area contributed by atoms with E-state index in [0.717, 1.165) is 18.1 Å².